The number of para-hydroxylation sites is 1. The molecule has 0 radical (unpaired) electrons. The highest BCUT2D eigenvalue weighted by Gasteiger charge is 2.36. The molecular weight excluding hydrogens is 665 g/mol. The van der Waals surface area contributed by atoms with Crippen LogP contribution in [0.1, 0.15) is 75.8 Å². The van der Waals surface area contributed by atoms with Crippen LogP contribution in [0.25, 0.3) is 44.9 Å². The summed E-state index contributed by atoms with van der Waals surface area (Å²) in [5.41, 5.74) is 19.9. The Kier molecular flexibility index (Phi) is 8.93. The van der Waals surface area contributed by atoms with Crippen molar-refractivity contribution in [3.8, 4) is 27.9 Å². The van der Waals surface area contributed by atoms with Gasteiger partial charge in [-0.3, -0.25) is 0 Å². The van der Waals surface area contributed by atoms with Crippen LogP contribution in [0.4, 0.5) is 5.69 Å². The van der Waals surface area contributed by atoms with E-state index < -0.39 is 0 Å². The van der Waals surface area contributed by atoms with Gasteiger partial charge in [0.05, 0.1) is 17.3 Å². The molecule has 55 heavy (non-hydrogen) atoms. The van der Waals surface area contributed by atoms with Crippen LogP contribution in [0.5, 0.6) is 0 Å². The van der Waals surface area contributed by atoms with Gasteiger partial charge in [0.1, 0.15) is 0 Å². The molecule has 2 heterocycles. The van der Waals surface area contributed by atoms with Crippen LogP contribution in [0, 0.1) is 0 Å². The lowest BCUT2D eigenvalue weighted by molar-refractivity contribution is 0.660. The maximum Gasteiger partial charge on any atom is 0.0623 e. The van der Waals surface area contributed by atoms with Gasteiger partial charge in [0.2, 0.25) is 0 Å². The molecule has 0 spiro atoms. The normalized spacial score (nSPS) is 18.6. The minimum atomic E-state index is -0.0470. The first-order valence-electron chi connectivity index (χ1n) is 20.2. The van der Waals surface area contributed by atoms with Gasteiger partial charge in [-0.25, -0.2) is 0 Å². The highest BCUT2D eigenvalue weighted by Crippen LogP contribution is 2.50. The number of aryl methyl sites for hydroxylation is 1. The largest absolute Gasteiger partial charge is 0.340 e. The zero-order valence-electron chi connectivity index (χ0n) is 32.6. The zero-order valence-corrected chi connectivity index (χ0v) is 32.6. The predicted octanol–water partition coefficient (Wildman–Crippen LogP) is 14.0. The van der Waals surface area contributed by atoms with Crippen molar-refractivity contribution in [3.63, 3.8) is 0 Å². The third kappa shape index (κ3) is 5.87. The standard InChI is InChI=1S/C51H44N2.C2H6/c1-34-13-11-12-30-52(39-24-20-36(21-25-39)35-14-5-4-6-15-35)48-29-23-37(31-45(34)48)38-22-27-44-43-17-8-10-19-49(43)53(50(44)32-38)40-26-28-42-41-16-7-9-18-46(41)51(2,3)47(42)33-40;1-2/h4-10,12,14-21,23-26,28,30-33,48H,1,11,13,22,27,29H2,2-3H3;1-2H3/b30-12-;. The van der Waals surface area contributed by atoms with E-state index in [1.165, 1.54) is 89.2 Å². The molecule has 5 aromatic carbocycles. The second kappa shape index (κ2) is 14.1. The van der Waals surface area contributed by atoms with Crippen LogP contribution in [0.3, 0.4) is 0 Å². The molecule has 6 aromatic rings. The highest BCUT2D eigenvalue weighted by atomic mass is 15.1. The van der Waals surface area contributed by atoms with Crippen molar-refractivity contribution in [1.29, 1.82) is 0 Å². The molecule has 0 N–H and O–H groups in total. The molecule has 0 saturated heterocycles. The summed E-state index contributed by atoms with van der Waals surface area (Å²) >= 11 is 0. The molecule has 1 aliphatic heterocycles. The average Bonchev–Trinajstić information content (AvgIpc) is 3.69. The number of rotatable bonds is 4. The monoisotopic (exact) mass is 714 g/mol. The minimum absolute atomic E-state index is 0.0470. The first-order chi connectivity index (χ1) is 27.0. The van der Waals surface area contributed by atoms with E-state index in [2.05, 4.69) is 182 Å². The molecule has 0 saturated carbocycles. The Morgan fingerprint density at radius 2 is 1.38 bits per heavy atom. The SMILES string of the molecule is C=C1CC/C=C\N(c2ccc(-c3ccccc3)cc2)C2CC=C(C3=Cc4c(c5ccccc5n4-c4ccc5c(c4)C(C)(C)c4ccccc4-5)CC3)C=C12.CC. The van der Waals surface area contributed by atoms with Gasteiger partial charge >= 0.3 is 0 Å². The Morgan fingerprint density at radius 1 is 0.673 bits per heavy atom. The quantitative estimate of drug-likeness (QED) is 0.176. The van der Waals surface area contributed by atoms with Crippen LogP contribution >= 0.6 is 0 Å². The molecule has 0 amide bonds. The van der Waals surface area contributed by atoms with Crippen molar-refractivity contribution in [2.75, 3.05) is 4.90 Å². The van der Waals surface area contributed by atoms with Gasteiger partial charge in [0.15, 0.2) is 0 Å². The molecule has 1 unspecified atom stereocenters. The summed E-state index contributed by atoms with van der Waals surface area (Å²) in [6, 6.07) is 45.0. The van der Waals surface area contributed by atoms with Gasteiger partial charge in [0, 0.05) is 28.4 Å². The Bertz CT molecular complexity index is 2570. The van der Waals surface area contributed by atoms with Crippen LogP contribution in [0.2, 0.25) is 0 Å². The fraction of sp³-hybridized carbons (Fsp3) is 0.208. The van der Waals surface area contributed by atoms with Crippen molar-refractivity contribution < 1.29 is 0 Å². The summed E-state index contributed by atoms with van der Waals surface area (Å²) in [6.45, 7) is 13.4. The minimum Gasteiger partial charge on any atom is -0.340 e. The smallest absolute Gasteiger partial charge is 0.0623 e. The lowest BCUT2D eigenvalue weighted by Gasteiger charge is -2.37. The van der Waals surface area contributed by atoms with Crippen molar-refractivity contribution in [2.45, 2.75) is 71.3 Å². The summed E-state index contributed by atoms with van der Waals surface area (Å²) in [7, 11) is 0. The van der Waals surface area contributed by atoms with E-state index in [4.69, 9.17) is 0 Å². The number of anilines is 1. The number of hydrogen-bond donors (Lipinski definition) is 0. The lowest BCUT2D eigenvalue weighted by Crippen LogP contribution is -2.35. The first kappa shape index (κ1) is 34.9. The molecule has 0 fully saturated rings. The van der Waals surface area contributed by atoms with Gasteiger partial charge in [-0.1, -0.05) is 137 Å². The Labute approximate surface area is 327 Å². The molecule has 0 bridgehead atoms. The number of aromatic nitrogens is 1. The number of allylic oxidation sites excluding steroid dienone is 4. The summed E-state index contributed by atoms with van der Waals surface area (Å²) in [5, 5.41) is 1.37. The predicted molar refractivity (Wildman–Crippen MR) is 235 cm³/mol. The van der Waals surface area contributed by atoms with Crippen LogP contribution in [0.15, 0.2) is 175 Å². The molecule has 2 heteroatoms. The topological polar surface area (TPSA) is 8.17 Å². The van der Waals surface area contributed by atoms with Crippen molar-refractivity contribution >= 4 is 22.7 Å². The molecule has 3 aliphatic carbocycles. The highest BCUT2D eigenvalue weighted by molar-refractivity contribution is 5.92. The Hall–Kier alpha value is -5.86. The first-order valence-corrected chi connectivity index (χ1v) is 20.2. The van der Waals surface area contributed by atoms with Gasteiger partial charge in [0.25, 0.3) is 0 Å². The number of hydrogen-bond acceptors (Lipinski definition) is 1. The summed E-state index contributed by atoms with van der Waals surface area (Å²) in [4.78, 5) is 2.47. The maximum absolute atomic E-state index is 4.66. The summed E-state index contributed by atoms with van der Waals surface area (Å²) in [5.74, 6) is 0. The Balaban J connectivity index is 0.00000195. The Morgan fingerprint density at radius 3 is 2.22 bits per heavy atom. The van der Waals surface area contributed by atoms with E-state index in [0.717, 1.165) is 32.1 Å². The fourth-order valence-corrected chi connectivity index (χ4v) is 9.50. The average molecular weight is 715 g/mol. The summed E-state index contributed by atoms with van der Waals surface area (Å²) < 4.78 is 2.53. The molecule has 4 aliphatic rings. The van der Waals surface area contributed by atoms with Crippen molar-refractivity contribution in [2.24, 2.45) is 0 Å². The molecule has 2 nitrogen and oxygen atoms in total. The third-order valence-electron chi connectivity index (χ3n) is 12.3. The van der Waals surface area contributed by atoms with E-state index >= 15 is 0 Å². The van der Waals surface area contributed by atoms with Crippen LogP contribution in [-0.4, -0.2) is 10.6 Å². The van der Waals surface area contributed by atoms with Crippen LogP contribution in [-0.2, 0) is 11.8 Å². The third-order valence-corrected chi connectivity index (χ3v) is 12.3. The summed E-state index contributed by atoms with van der Waals surface area (Å²) in [6.07, 6.45) is 17.1. The zero-order chi connectivity index (χ0) is 37.7. The maximum atomic E-state index is 4.66. The van der Waals surface area contributed by atoms with Gasteiger partial charge in [-0.15, -0.1) is 0 Å². The van der Waals surface area contributed by atoms with E-state index in [9.17, 15) is 0 Å². The number of benzene rings is 5. The molecular formula is C53H50N2. The molecule has 10 rings (SSSR count). The van der Waals surface area contributed by atoms with E-state index in [-0.39, 0.29) is 11.5 Å². The van der Waals surface area contributed by atoms with Gasteiger partial charge < -0.3 is 9.47 Å². The lowest BCUT2D eigenvalue weighted by atomic mass is 9.81. The van der Waals surface area contributed by atoms with Crippen molar-refractivity contribution in [1.82, 2.24) is 4.57 Å². The molecule has 272 valence electrons. The number of fused-ring (bicyclic) bond motifs is 7. The van der Waals surface area contributed by atoms with E-state index in [0.29, 0.717) is 0 Å². The van der Waals surface area contributed by atoms with E-state index in [1.807, 2.05) is 13.8 Å². The van der Waals surface area contributed by atoms with Gasteiger partial charge in [-0.2, -0.15) is 0 Å². The van der Waals surface area contributed by atoms with Gasteiger partial charge in [-0.05, 0) is 136 Å². The van der Waals surface area contributed by atoms with Crippen molar-refractivity contribution in [3.05, 3.63) is 197 Å². The second-order valence-electron chi connectivity index (χ2n) is 15.6. The second-order valence-corrected chi connectivity index (χ2v) is 15.6. The number of nitrogens with zero attached hydrogens (tertiary/aromatic N) is 2. The fourth-order valence-electron chi connectivity index (χ4n) is 9.50. The van der Waals surface area contributed by atoms with Crippen LogP contribution < -0.4 is 4.90 Å². The molecule has 1 aromatic heterocycles. The molecule has 1 atom stereocenters. The van der Waals surface area contributed by atoms with E-state index in [1.54, 1.807) is 0 Å².